The first-order chi connectivity index (χ1) is 7.87. The maximum absolute atomic E-state index is 11.8. The van der Waals surface area contributed by atoms with Gasteiger partial charge in [0, 0.05) is 19.4 Å². The van der Waals surface area contributed by atoms with Gasteiger partial charge in [-0.2, -0.15) is 0 Å². The maximum Gasteiger partial charge on any atom is 0.331 e. The third kappa shape index (κ3) is 3.43. The molecule has 1 heterocycles. The Hall–Kier alpha value is -1.10. The fourth-order valence-corrected chi connectivity index (χ4v) is 1.73. The maximum atomic E-state index is 11.8. The average Bonchev–Trinajstić information content (AvgIpc) is 2.67. The van der Waals surface area contributed by atoms with Crippen molar-refractivity contribution in [2.24, 2.45) is 11.8 Å². The second-order valence-electron chi connectivity index (χ2n) is 5.16. The quantitative estimate of drug-likeness (QED) is 0.756. The predicted molar refractivity (Wildman–Crippen MR) is 62.6 cm³/mol. The van der Waals surface area contributed by atoms with Crippen molar-refractivity contribution in [3.63, 3.8) is 0 Å². The fourth-order valence-electron chi connectivity index (χ4n) is 1.73. The molecule has 0 spiro atoms. The normalized spacial score (nSPS) is 25.9. The molecule has 1 aliphatic heterocycles. The SMILES string of the molecule is CC(C)C(C)CC(=O)NC1(C(=O)O)CCOC1. The van der Waals surface area contributed by atoms with Gasteiger partial charge < -0.3 is 15.2 Å². The third-order valence-electron chi connectivity index (χ3n) is 3.46. The van der Waals surface area contributed by atoms with Crippen molar-refractivity contribution >= 4 is 11.9 Å². The number of nitrogens with one attached hydrogen (secondary N) is 1. The van der Waals surface area contributed by atoms with Crippen molar-refractivity contribution in [2.75, 3.05) is 13.2 Å². The summed E-state index contributed by atoms with van der Waals surface area (Å²) < 4.78 is 5.08. The summed E-state index contributed by atoms with van der Waals surface area (Å²) in [6.45, 7) is 6.52. The van der Waals surface area contributed by atoms with Crippen LogP contribution in [0, 0.1) is 11.8 Å². The molecular formula is C12H21NO4. The standard InChI is InChI=1S/C12H21NO4/c1-8(2)9(3)6-10(14)13-12(11(15)16)4-5-17-7-12/h8-9H,4-7H2,1-3H3,(H,13,14)(H,15,16). The van der Waals surface area contributed by atoms with Gasteiger partial charge in [0.05, 0.1) is 6.61 Å². The van der Waals surface area contributed by atoms with E-state index >= 15 is 0 Å². The van der Waals surface area contributed by atoms with E-state index in [1.54, 1.807) is 0 Å². The van der Waals surface area contributed by atoms with Gasteiger partial charge in [-0.15, -0.1) is 0 Å². The van der Waals surface area contributed by atoms with Gasteiger partial charge in [0.2, 0.25) is 5.91 Å². The Morgan fingerprint density at radius 1 is 1.41 bits per heavy atom. The van der Waals surface area contributed by atoms with E-state index in [9.17, 15) is 9.59 Å². The molecule has 98 valence electrons. The first kappa shape index (κ1) is 14.0. The van der Waals surface area contributed by atoms with E-state index in [4.69, 9.17) is 9.84 Å². The molecular weight excluding hydrogens is 222 g/mol. The van der Waals surface area contributed by atoms with E-state index in [0.717, 1.165) is 0 Å². The topological polar surface area (TPSA) is 75.6 Å². The highest BCUT2D eigenvalue weighted by molar-refractivity contribution is 5.87. The van der Waals surface area contributed by atoms with Gasteiger partial charge in [0.25, 0.3) is 0 Å². The summed E-state index contributed by atoms with van der Waals surface area (Å²) in [5, 5.41) is 11.8. The number of aliphatic carboxylic acids is 1. The number of hydrogen-bond donors (Lipinski definition) is 2. The molecule has 1 amide bonds. The molecule has 0 aromatic carbocycles. The van der Waals surface area contributed by atoms with E-state index < -0.39 is 11.5 Å². The minimum absolute atomic E-state index is 0.0597. The van der Waals surface area contributed by atoms with Crippen LogP contribution in [0.2, 0.25) is 0 Å². The molecule has 1 fully saturated rings. The molecule has 17 heavy (non-hydrogen) atoms. The molecule has 0 bridgehead atoms. The minimum Gasteiger partial charge on any atom is -0.479 e. The van der Waals surface area contributed by atoms with Gasteiger partial charge >= 0.3 is 5.97 Å². The lowest BCUT2D eigenvalue weighted by Crippen LogP contribution is -2.55. The molecule has 5 nitrogen and oxygen atoms in total. The summed E-state index contributed by atoms with van der Waals surface area (Å²) in [6.07, 6.45) is 0.691. The van der Waals surface area contributed by atoms with Crippen LogP contribution in [0.4, 0.5) is 0 Å². The van der Waals surface area contributed by atoms with Gasteiger partial charge in [-0.3, -0.25) is 4.79 Å². The van der Waals surface area contributed by atoms with Crippen LogP contribution >= 0.6 is 0 Å². The number of rotatable bonds is 5. The van der Waals surface area contributed by atoms with Crippen molar-refractivity contribution in [2.45, 2.75) is 39.2 Å². The second kappa shape index (κ2) is 5.49. The number of ether oxygens (including phenoxy) is 1. The first-order valence-electron chi connectivity index (χ1n) is 5.99. The van der Waals surface area contributed by atoms with Gasteiger partial charge in [-0.05, 0) is 11.8 Å². The largest absolute Gasteiger partial charge is 0.479 e. The Kier molecular flexibility index (Phi) is 4.51. The van der Waals surface area contributed by atoms with Crippen LogP contribution in [-0.2, 0) is 14.3 Å². The predicted octanol–water partition coefficient (Wildman–Crippen LogP) is 1.03. The summed E-state index contributed by atoms with van der Waals surface area (Å²) in [5.74, 6) is -0.579. The molecule has 0 saturated carbocycles. The average molecular weight is 243 g/mol. The number of carboxylic acid groups (broad SMARTS) is 1. The monoisotopic (exact) mass is 243 g/mol. The van der Waals surface area contributed by atoms with Crippen molar-refractivity contribution in [3.05, 3.63) is 0 Å². The smallest absolute Gasteiger partial charge is 0.331 e. The summed E-state index contributed by atoms with van der Waals surface area (Å²) in [6, 6.07) is 0. The molecule has 0 aliphatic carbocycles. The van der Waals surface area contributed by atoms with Gasteiger partial charge in [-0.25, -0.2) is 4.79 Å². The van der Waals surface area contributed by atoms with E-state index in [-0.39, 0.29) is 18.4 Å². The molecule has 0 aromatic heterocycles. The Morgan fingerprint density at radius 2 is 2.06 bits per heavy atom. The number of carbonyl (C=O) groups is 2. The van der Waals surface area contributed by atoms with Crippen molar-refractivity contribution in [1.82, 2.24) is 5.32 Å². The lowest BCUT2D eigenvalue weighted by molar-refractivity contribution is -0.147. The van der Waals surface area contributed by atoms with Crippen LogP contribution in [0.25, 0.3) is 0 Å². The molecule has 1 saturated heterocycles. The highest BCUT2D eigenvalue weighted by atomic mass is 16.5. The highest BCUT2D eigenvalue weighted by Gasteiger charge is 2.43. The Bertz CT molecular complexity index is 295. The third-order valence-corrected chi connectivity index (χ3v) is 3.46. The lowest BCUT2D eigenvalue weighted by Gasteiger charge is -2.25. The number of carboxylic acids is 1. The van der Waals surface area contributed by atoms with Crippen LogP contribution in [0.5, 0.6) is 0 Å². The van der Waals surface area contributed by atoms with E-state index in [2.05, 4.69) is 5.32 Å². The lowest BCUT2D eigenvalue weighted by atomic mass is 9.93. The van der Waals surface area contributed by atoms with E-state index in [1.807, 2.05) is 20.8 Å². The molecule has 5 heteroatoms. The van der Waals surface area contributed by atoms with E-state index in [1.165, 1.54) is 0 Å². The Labute approximate surface area is 102 Å². The highest BCUT2D eigenvalue weighted by Crippen LogP contribution is 2.20. The number of carbonyl (C=O) groups excluding carboxylic acids is 1. The summed E-state index contributed by atoms with van der Waals surface area (Å²) in [4.78, 5) is 23.0. The van der Waals surface area contributed by atoms with Crippen LogP contribution in [0.15, 0.2) is 0 Å². The zero-order valence-electron chi connectivity index (χ0n) is 10.7. The Morgan fingerprint density at radius 3 is 2.47 bits per heavy atom. The van der Waals surface area contributed by atoms with Crippen molar-refractivity contribution in [3.8, 4) is 0 Å². The second-order valence-corrected chi connectivity index (χ2v) is 5.16. The minimum atomic E-state index is -1.21. The van der Waals surface area contributed by atoms with E-state index in [0.29, 0.717) is 25.4 Å². The van der Waals surface area contributed by atoms with Crippen LogP contribution < -0.4 is 5.32 Å². The zero-order chi connectivity index (χ0) is 13.1. The van der Waals surface area contributed by atoms with Crippen LogP contribution in [-0.4, -0.2) is 35.7 Å². The molecule has 2 N–H and O–H groups in total. The van der Waals surface area contributed by atoms with Crippen LogP contribution in [0.3, 0.4) is 0 Å². The zero-order valence-corrected chi connectivity index (χ0v) is 10.7. The first-order valence-corrected chi connectivity index (χ1v) is 5.99. The van der Waals surface area contributed by atoms with Crippen molar-refractivity contribution in [1.29, 1.82) is 0 Å². The Balaban J connectivity index is 2.57. The van der Waals surface area contributed by atoms with Gasteiger partial charge in [0.1, 0.15) is 0 Å². The molecule has 1 aliphatic rings. The van der Waals surface area contributed by atoms with Gasteiger partial charge in [0.15, 0.2) is 5.54 Å². The summed E-state index contributed by atoms with van der Waals surface area (Å²) >= 11 is 0. The molecule has 2 atom stereocenters. The molecule has 0 aromatic rings. The molecule has 1 rings (SSSR count). The van der Waals surface area contributed by atoms with Crippen LogP contribution in [0.1, 0.15) is 33.6 Å². The van der Waals surface area contributed by atoms with Gasteiger partial charge in [-0.1, -0.05) is 20.8 Å². The van der Waals surface area contributed by atoms with Crippen molar-refractivity contribution < 1.29 is 19.4 Å². The summed E-state index contributed by atoms with van der Waals surface area (Å²) in [7, 11) is 0. The molecule has 2 unspecified atom stereocenters. The number of hydrogen-bond acceptors (Lipinski definition) is 3. The fraction of sp³-hybridized carbons (Fsp3) is 0.833. The molecule has 0 radical (unpaired) electrons. The summed E-state index contributed by atoms with van der Waals surface area (Å²) in [5.41, 5.74) is -1.21. The number of amides is 1.